The van der Waals surface area contributed by atoms with Crippen LogP contribution in [0.15, 0.2) is 48.5 Å². The SMILES string of the molecule is Cc1ccc(CNC(=O)C(N)Cc2ccccc2)cc1F. The molecule has 0 bridgehead atoms. The van der Waals surface area contributed by atoms with Gasteiger partial charge in [-0.1, -0.05) is 42.5 Å². The Kier molecular flexibility index (Phi) is 5.06. The van der Waals surface area contributed by atoms with Gasteiger partial charge in [-0.15, -0.1) is 0 Å². The number of carbonyl (C=O) groups excluding carboxylic acids is 1. The standard InChI is InChI=1S/C17H19FN2O/c1-12-7-8-14(9-15(12)18)11-20-17(21)16(19)10-13-5-3-2-4-6-13/h2-9,16H,10-11,19H2,1H3,(H,20,21). The summed E-state index contributed by atoms with van der Waals surface area (Å²) in [6, 6.07) is 13.9. The van der Waals surface area contributed by atoms with E-state index in [9.17, 15) is 9.18 Å². The summed E-state index contributed by atoms with van der Waals surface area (Å²) < 4.78 is 13.4. The third-order valence-corrected chi connectivity index (χ3v) is 3.34. The maximum absolute atomic E-state index is 13.4. The molecule has 0 radical (unpaired) electrons. The largest absolute Gasteiger partial charge is 0.351 e. The number of amides is 1. The maximum atomic E-state index is 13.4. The highest BCUT2D eigenvalue weighted by Gasteiger charge is 2.13. The fourth-order valence-electron chi connectivity index (χ4n) is 2.03. The Morgan fingerprint density at radius 1 is 1.19 bits per heavy atom. The predicted molar refractivity (Wildman–Crippen MR) is 81.1 cm³/mol. The molecular formula is C17H19FN2O. The molecular weight excluding hydrogens is 267 g/mol. The van der Waals surface area contributed by atoms with Gasteiger partial charge in [-0.05, 0) is 36.1 Å². The minimum absolute atomic E-state index is 0.236. The molecule has 1 unspecified atom stereocenters. The van der Waals surface area contributed by atoms with Crippen LogP contribution in [0.1, 0.15) is 16.7 Å². The van der Waals surface area contributed by atoms with Crippen LogP contribution in [0.2, 0.25) is 0 Å². The normalized spacial score (nSPS) is 12.0. The Bertz CT molecular complexity index is 613. The number of hydrogen-bond acceptors (Lipinski definition) is 2. The molecule has 4 heteroatoms. The molecule has 0 saturated heterocycles. The van der Waals surface area contributed by atoms with Crippen molar-refractivity contribution in [2.24, 2.45) is 5.73 Å². The average Bonchev–Trinajstić information content (AvgIpc) is 2.49. The fourth-order valence-corrected chi connectivity index (χ4v) is 2.03. The van der Waals surface area contributed by atoms with E-state index in [0.29, 0.717) is 12.0 Å². The van der Waals surface area contributed by atoms with Crippen molar-refractivity contribution in [3.8, 4) is 0 Å². The monoisotopic (exact) mass is 286 g/mol. The van der Waals surface area contributed by atoms with E-state index in [1.807, 2.05) is 30.3 Å². The highest BCUT2D eigenvalue weighted by atomic mass is 19.1. The number of aryl methyl sites for hydroxylation is 1. The summed E-state index contributed by atoms with van der Waals surface area (Å²) >= 11 is 0. The zero-order valence-corrected chi connectivity index (χ0v) is 12.0. The predicted octanol–water partition coefficient (Wildman–Crippen LogP) is 2.32. The van der Waals surface area contributed by atoms with Crippen molar-refractivity contribution in [1.82, 2.24) is 5.32 Å². The number of halogens is 1. The third-order valence-electron chi connectivity index (χ3n) is 3.34. The first kappa shape index (κ1) is 15.2. The van der Waals surface area contributed by atoms with E-state index in [-0.39, 0.29) is 18.3 Å². The molecule has 2 aromatic rings. The van der Waals surface area contributed by atoms with Crippen LogP contribution in [0.4, 0.5) is 4.39 Å². The Morgan fingerprint density at radius 3 is 2.57 bits per heavy atom. The van der Waals surface area contributed by atoms with Crippen molar-refractivity contribution in [2.45, 2.75) is 25.9 Å². The lowest BCUT2D eigenvalue weighted by atomic mass is 10.1. The molecule has 21 heavy (non-hydrogen) atoms. The number of rotatable bonds is 5. The topological polar surface area (TPSA) is 55.1 Å². The van der Waals surface area contributed by atoms with Crippen molar-refractivity contribution in [2.75, 3.05) is 0 Å². The molecule has 0 spiro atoms. The average molecular weight is 286 g/mol. The Labute approximate surface area is 124 Å². The maximum Gasteiger partial charge on any atom is 0.237 e. The van der Waals surface area contributed by atoms with Crippen molar-refractivity contribution in [1.29, 1.82) is 0 Å². The lowest BCUT2D eigenvalue weighted by Crippen LogP contribution is -2.41. The van der Waals surface area contributed by atoms with Crippen LogP contribution in [-0.2, 0) is 17.8 Å². The quantitative estimate of drug-likeness (QED) is 0.886. The molecule has 0 aromatic heterocycles. The molecule has 0 saturated carbocycles. The van der Waals surface area contributed by atoms with Gasteiger partial charge in [0.05, 0.1) is 6.04 Å². The first-order valence-corrected chi connectivity index (χ1v) is 6.88. The van der Waals surface area contributed by atoms with Crippen molar-refractivity contribution in [3.05, 3.63) is 71.0 Å². The van der Waals surface area contributed by atoms with E-state index in [0.717, 1.165) is 11.1 Å². The van der Waals surface area contributed by atoms with Crippen LogP contribution < -0.4 is 11.1 Å². The molecule has 0 aliphatic rings. The van der Waals surface area contributed by atoms with Crippen LogP contribution in [0.3, 0.4) is 0 Å². The van der Waals surface area contributed by atoms with Crippen LogP contribution in [0, 0.1) is 12.7 Å². The summed E-state index contributed by atoms with van der Waals surface area (Å²) in [7, 11) is 0. The van der Waals surface area contributed by atoms with E-state index in [4.69, 9.17) is 5.73 Å². The number of hydrogen-bond donors (Lipinski definition) is 2. The second-order valence-corrected chi connectivity index (χ2v) is 5.10. The van der Waals surface area contributed by atoms with Gasteiger partial charge in [-0.25, -0.2) is 4.39 Å². The Morgan fingerprint density at radius 2 is 1.90 bits per heavy atom. The molecule has 1 atom stereocenters. The van der Waals surface area contributed by atoms with Gasteiger partial charge in [0.25, 0.3) is 0 Å². The van der Waals surface area contributed by atoms with Crippen LogP contribution in [-0.4, -0.2) is 11.9 Å². The molecule has 0 heterocycles. The van der Waals surface area contributed by atoms with E-state index < -0.39 is 6.04 Å². The van der Waals surface area contributed by atoms with Crippen molar-refractivity contribution in [3.63, 3.8) is 0 Å². The van der Waals surface area contributed by atoms with Crippen molar-refractivity contribution >= 4 is 5.91 Å². The van der Waals surface area contributed by atoms with Crippen LogP contribution >= 0.6 is 0 Å². The summed E-state index contributed by atoms with van der Waals surface area (Å²) in [6.45, 7) is 1.98. The first-order valence-electron chi connectivity index (χ1n) is 6.88. The van der Waals surface area contributed by atoms with Gasteiger partial charge in [0.15, 0.2) is 0 Å². The molecule has 110 valence electrons. The first-order chi connectivity index (χ1) is 10.1. The lowest BCUT2D eigenvalue weighted by Gasteiger charge is -2.12. The minimum atomic E-state index is -0.609. The van der Waals surface area contributed by atoms with Gasteiger partial charge >= 0.3 is 0 Å². The molecule has 1 amide bonds. The Balaban J connectivity index is 1.87. The highest BCUT2D eigenvalue weighted by molar-refractivity contribution is 5.81. The number of nitrogens with one attached hydrogen (secondary N) is 1. The number of carbonyl (C=O) groups is 1. The van der Waals surface area contributed by atoms with Gasteiger partial charge in [-0.3, -0.25) is 4.79 Å². The number of benzene rings is 2. The summed E-state index contributed by atoms with van der Waals surface area (Å²) in [5, 5.41) is 2.74. The zero-order valence-electron chi connectivity index (χ0n) is 12.0. The van der Waals surface area contributed by atoms with E-state index in [2.05, 4.69) is 5.32 Å². The van der Waals surface area contributed by atoms with Crippen molar-refractivity contribution < 1.29 is 9.18 Å². The second kappa shape index (κ2) is 6.99. The molecule has 0 fully saturated rings. The van der Waals surface area contributed by atoms with Crippen LogP contribution in [0.25, 0.3) is 0 Å². The summed E-state index contributed by atoms with van der Waals surface area (Å²) in [5.74, 6) is -0.504. The van der Waals surface area contributed by atoms with Gasteiger partial charge in [-0.2, -0.15) is 0 Å². The lowest BCUT2D eigenvalue weighted by molar-refractivity contribution is -0.122. The molecule has 3 nitrogen and oxygen atoms in total. The molecule has 2 aromatic carbocycles. The highest BCUT2D eigenvalue weighted by Crippen LogP contribution is 2.09. The van der Waals surface area contributed by atoms with E-state index in [1.54, 1.807) is 19.1 Å². The molecule has 0 aliphatic carbocycles. The van der Waals surface area contributed by atoms with Gasteiger partial charge in [0.1, 0.15) is 5.82 Å². The zero-order chi connectivity index (χ0) is 15.2. The van der Waals surface area contributed by atoms with Gasteiger partial charge < -0.3 is 11.1 Å². The fraction of sp³-hybridized carbons (Fsp3) is 0.235. The number of nitrogens with two attached hydrogens (primary N) is 1. The molecule has 0 aliphatic heterocycles. The summed E-state index contributed by atoms with van der Waals surface area (Å²) in [4.78, 5) is 11.9. The minimum Gasteiger partial charge on any atom is -0.351 e. The molecule has 2 rings (SSSR count). The molecule has 3 N–H and O–H groups in total. The summed E-state index contributed by atoms with van der Waals surface area (Å²) in [6.07, 6.45) is 0.481. The second-order valence-electron chi connectivity index (χ2n) is 5.10. The third kappa shape index (κ3) is 4.39. The van der Waals surface area contributed by atoms with E-state index >= 15 is 0 Å². The summed E-state index contributed by atoms with van der Waals surface area (Å²) in [5.41, 5.74) is 8.21. The van der Waals surface area contributed by atoms with Gasteiger partial charge in [0.2, 0.25) is 5.91 Å². The Hall–Kier alpha value is -2.20. The van der Waals surface area contributed by atoms with E-state index in [1.165, 1.54) is 6.07 Å². The van der Waals surface area contributed by atoms with Crippen LogP contribution in [0.5, 0.6) is 0 Å². The van der Waals surface area contributed by atoms with Gasteiger partial charge in [0, 0.05) is 6.54 Å². The smallest absolute Gasteiger partial charge is 0.237 e.